The summed E-state index contributed by atoms with van der Waals surface area (Å²) in [7, 11) is 0. The van der Waals surface area contributed by atoms with E-state index in [0.717, 1.165) is 0 Å². The number of hydrogen-bond acceptors (Lipinski definition) is 3. The Morgan fingerprint density at radius 1 is 1.20 bits per heavy atom. The van der Waals surface area contributed by atoms with Gasteiger partial charge in [-0.15, -0.1) is 0 Å². The van der Waals surface area contributed by atoms with Gasteiger partial charge in [-0.2, -0.15) is 5.10 Å². The minimum atomic E-state index is -0.483. The van der Waals surface area contributed by atoms with Crippen molar-refractivity contribution in [1.82, 2.24) is 5.43 Å². The first kappa shape index (κ1) is 13.9. The first-order valence-corrected chi connectivity index (χ1v) is 6.16. The van der Waals surface area contributed by atoms with Gasteiger partial charge in [0.25, 0.3) is 0 Å². The van der Waals surface area contributed by atoms with E-state index >= 15 is 0 Å². The Bertz CT molecular complexity index is 644. The summed E-state index contributed by atoms with van der Waals surface area (Å²) in [5.41, 5.74) is 3.56. The van der Waals surface area contributed by atoms with E-state index in [9.17, 15) is 9.90 Å². The Hall–Kier alpha value is -2.53. The van der Waals surface area contributed by atoms with Crippen molar-refractivity contribution in [2.75, 3.05) is 5.32 Å². The van der Waals surface area contributed by atoms with Crippen LogP contribution >= 0.6 is 11.6 Å². The summed E-state index contributed by atoms with van der Waals surface area (Å²) >= 11 is 5.80. The SMILES string of the molecule is O=C(N/N=C\c1cccc(O)c1)Nc1cccc(Cl)c1. The number of hydrogen-bond donors (Lipinski definition) is 3. The zero-order valence-corrected chi connectivity index (χ0v) is 11.1. The van der Waals surface area contributed by atoms with E-state index in [1.54, 1.807) is 42.5 Å². The topological polar surface area (TPSA) is 73.7 Å². The lowest BCUT2D eigenvalue weighted by molar-refractivity contribution is 0.252. The maximum Gasteiger partial charge on any atom is 0.339 e. The molecule has 20 heavy (non-hydrogen) atoms. The molecule has 0 aliphatic rings. The monoisotopic (exact) mass is 289 g/mol. The lowest BCUT2D eigenvalue weighted by Gasteiger charge is -2.04. The van der Waals surface area contributed by atoms with E-state index in [0.29, 0.717) is 16.3 Å². The molecule has 0 aliphatic carbocycles. The molecule has 5 nitrogen and oxygen atoms in total. The van der Waals surface area contributed by atoms with Crippen LogP contribution in [-0.4, -0.2) is 17.4 Å². The molecular formula is C14H12ClN3O2. The van der Waals surface area contributed by atoms with Crippen LogP contribution < -0.4 is 10.7 Å². The van der Waals surface area contributed by atoms with E-state index in [1.165, 1.54) is 12.3 Å². The summed E-state index contributed by atoms with van der Waals surface area (Å²) in [6.07, 6.45) is 1.43. The molecule has 0 spiro atoms. The van der Waals surface area contributed by atoms with Crippen LogP contribution in [0.3, 0.4) is 0 Å². The van der Waals surface area contributed by atoms with E-state index in [4.69, 9.17) is 11.6 Å². The van der Waals surface area contributed by atoms with Crippen LogP contribution in [0.15, 0.2) is 53.6 Å². The summed E-state index contributed by atoms with van der Waals surface area (Å²) < 4.78 is 0. The number of carbonyl (C=O) groups excluding carboxylic acids is 1. The number of amides is 2. The Kier molecular flexibility index (Phi) is 4.57. The molecule has 2 aromatic carbocycles. The van der Waals surface area contributed by atoms with Gasteiger partial charge in [-0.25, -0.2) is 10.2 Å². The highest BCUT2D eigenvalue weighted by atomic mass is 35.5. The first-order valence-electron chi connectivity index (χ1n) is 5.78. The number of anilines is 1. The first-order chi connectivity index (χ1) is 9.63. The van der Waals surface area contributed by atoms with Crippen LogP contribution in [0.4, 0.5) is 10.5 Å². The molecule has 6 heteroatoms. The number of halogens is 1. The average Bonchev–Trinajstić information content (AvgIpc) is 2.38. The van der Waals surface area contributed by atoms with Gasteiger partial charge in [0.1, 0.15) is 5.75 Å². The van der Waals surface area contributed by atoms with Crippen LogP contribution in [0.5, 0.6) is 5.75 Å². The maximum atomic E-state index is 11.6. The molecule has 0 atom stereocenters. The van der Waals surface area contributed by atoms with Crippen LogP contribution in [0.25, 0.3) is 0 Å². The number of nitrogens with one attached hydrogen (secondary N) is 2. The van der Waals surface area contributed by atoms with E-state index < -0.39 is 6.03 Å². The van der Waals surface area contributed by atoms with Gasteiger partial charge in [0, 0.05) is 10.7 Å². The number of carbonyl (C=O) groups is 1. The van der Waals surface area contributed by atoms with Crippen molar-refractivity contribution in [2.45, 2.75) is 0 Å². The van der Waals surface area contributed by atoms with Crippen molar-refractivity contribution < 1.29 is 9.90 Å². The van der Waals surface area contributed by atoms with Gasteiger partial charge < -0.3 is 10.4 Å². The third-order valence-electron chi connectivity index (χ3n) is 2.33. The zero-order valence-electron chi connectivity index (χ0n) is 10.4. The van der Waals surface area contributed by atoms with Gasteiger partial charge in [-0.3, -0.25) is 0 Å². The summed E-state index contributed by atoms with van der Waals surface area (Å²) in [5, 5.41) is 16.2. The van der Waals surface area contributed by atoms with Crippen LogP contribution in [0.2, 0.25) is 5.02 Å². The van der Waals surface area contributed by atoms with Crippen molar-refractivity contribution in [1.29, 1.82) is 0 Å². The van der Waals surface area contributed by atoms with E-state index in [1.807, 2.05) is 0 Å². The molecular weight excluding hydrogens is 278 g/mol. The van der Waals surface area contributed by atoms with Gasteiger partial charge >= 0.3 is 6.03 Å². The largest absolute Gasteiger partial charge is 0.508 e. The van der Waals surface area contributed by atoms with Crippen molar-refractivity contribution in [3.63, 3.8) is 0 Å². The quantitative estimate of drug-likeness (QED) is 0.599. The fourth-order valence-corrected chi connectivity index (χ4v) is 1.69. The highest BCUT2D eigenvalue weighted by Crippen LogP contribution is 2.14. The van der Waals surface area contributed by atoms with Gasteiger partial charge in [-0.05, 0) is 35.9 Å². The highest BCUT2D eigenvalue weighted by Gasteiger charge is 2.00. The predicted octanol–water partition coefficient (Wildman–Crippen LogP) is 3.20. The molecule has 2 aromatic rings. The predicted molar refractivity (Wildman–Crippen MR) is 79.3 cm³/mol. The number of urea groups is 1. The standard InChI is InChI=1S/C14H12ClN3O2/c15-11-4-2-5-12(8-11)17-14(20)18-16-9-10-3-1-6-13(19)7-10/h1-9,19H,(H2,17,18,20)/b16-9-. The minimum absolute atomic E-state index is 0.136. The molecule has 102 valence electrons. The normalized spacial score (nSPS) is 10.4. The molecule has 0 bridgehead atoms. The Morgan fingerprint density at radius 3 is 2.75 bits per heavy atom. The molecule has 0 saturated carbocycles. The smallest absolute Gasteiger partial charge is 0.339 e. The molecule has 0 radical (unpaired) electrons. The molecule has 0 unspecified atom stereocenters. The van der Waals surface area contributed by atoms with Crippen molar-refractivity contribution in [2.24, 2.45) is 5.10 Å². The third-order valence-corrected chi connectivity index (χ3v) is 2.57. The molecule has 0 aromatic heterocycles. The minimum Gasteiger partial charge on any atom is -0.508 e. The van der Waals surface area contributed by atoms with Crippen LogP contribution in [0, 0.1) is 0 Å². The fourth-order valence-electron chi connectivity index (χ4n) is 1.50. The van der Waals surface area contributed by atoms with Gasteiger partial charge in [0.05, 0.1) is 6.21 Å². The number of phenols is 1. The Balaban J connectivity index is 1.89. The van der Waals surface area contributed by atoms with Gasteiger partial charge in [0.15, 0.2) is 0 Å². The zero-order chi connectivity index (χ0) is 14.4. The van der Waals surface area contributed by atoms with Gasteiger partial charge in [-0.1, -0.05) is 29.8 Å². The molecule has 0 saturated heterocycles. The summed E-state index contributed by atoms with van der Waals surface area (Å²) in [6, 6.07) is 12.8. The van der Waals surface area contributed by atoms with Gasteiger partial charge in [0.2, 0.25) is 0 Å². The molecule has 3 N–H and O–H groups in total. The second-order valence-electron chi connectivity index (χ2n) is 3.93. The van der Waals surface area contributed by atoms with Crippen molar-refractivity contribution in [3.8, 4) is 5.75 Å². The summed E-state index contributed by atoms with van der Waals surface area (Å²) in [6.45, 7) is 0. The third kappa shape index (κ3) is 4.29. The summed E-state index contributed by atoms with van der Waals surface area (Å²) in [4.78, 5) is 11.6. The van der Waals surface area contributed by atoms with Crippen molar-refractivity contribution >= 4 is 29.5 Å². The molecule has 0 fully saturated rings. The molecule has 2 amide bonds. The summed E-state index contributed by atoms with van der Waals surface area (Å²) in [5.74, 6) is 0.136. The maximum absolute atomic E-state index is 11.6. The molecule has 0 aliphatic heterocycles. The lowest BCUT2D eigenvalue weighted by Crippen LogP contribution is -2.24. The van der Waals surface area contributed by atoms with Crippen LogP contribution in [-0.2, 0) is 0 Å². The highest BCUT2D eigenvalue weighted by molar-refractivity contribution is 6.30. The number of aromatic hydroxyl groups is 1. The van der Waals surface area contributed by atoms with Crippen LogP contribution in [0.1, 0.15) is 5.56 Å². The second-order valence-corrected chi connectivity index (χ2v) is 4.37. The van der Waals surface area contributed by atoms with E-state index in [2.05, 4.69) is 15.8 Å². The Labute approximate surface area is 120 Å². The average molecular weight is 290 g/mol. The number of benzene rings is 2. The molecule has 2 rings (SSSR count). The number of nitrogens with zero attached hydrogens (tertiary/aromatic N) is 1. The molecule has 0 heterocycles. The number of rotatable bonds is 3. The van der Waals surface area contributed by atoms with Crippen molar-refractivity contribution in [3.05, 3.63) is 59.1 Å². The fraction of sp³-hybridized carbons (Fsp3) is 0. The Morgan fingerprint density at radius 2 is 2.00 bits per heavy atom. The lowest BCUT2D eigenvalue weighted by atomic mass is 10.2. The number of phenolic OH excluding ortho intramolecular Hbond substituents is 1. The number of hydrazone groups is 1. The van der Waals surface area contributed by atoms with E-state index in [-0.39, 0.29) is 5.75 Å². The second kappa shape index (κ2) is 6.58.